The Morgan fingerprint density at radius 3 is 2.11 bits per heavy atom. The van der Waals surface area contributed by atoms with Gasteiger partial charge in [-0.2, -0.15) is 13.2 Å². The Balaban J connectivity index is 2.11. The van der Waals surface area contributed by atoms with Crippen LogP contribution in [0.5, 0.6) is 0 Å². The lowest BCUT2D eigenvalue weighted by molar-refractivity contribution is -0.137. The third-order valence-electron chi connectivity index (χ3n) is 2.95. The molecular formula is C13H13F3NO. The molecule has 1 radical (unpaired) electrons. The van der Waals surface area contributed by atoms with Gasteiger partial charge in [-0.05, 0) is 43.5 Å². The van der Waals surface area contributed by atoms with E-state index in [9.17, 15) is 18.0 Å². The predicted octanol–water partition coefficient (Wildman–Crippen LogP) is 3.15. The average molecular weight is 256 g/mol. The first-order chi connectivity index (χ1) is 8.48. The molecule has 18 heavy (non-hydrogen) atoms. The first kappa shape index (κ1) is 12.9. The monoisotopic (exact) mass is 256 g/mol. The second kappa shape index (κ2) is 5.00. The molecule has 0 unspecified atom stereocenters. The van der Waals surface area contributed by atoms with Gasteiger partial charge < -0.3 is 4.90 Å². The topological polar surface area (TPSA) is 20.3 Å². The molecule has 0 aromatic heterocycles. The second-order valence-corrected chi connectivity index (χ2v) is 4.23. The molecule has 0 N–H and O–H groups in total. The lowest BCUT2D eigenvalue weighted by Gasteiger charge is -2.26. The highest BCUT2D eigenvalue weighted by molar-refractivity contribution is 5.94. The van der Waals surface area contributed by atoms with Crippen molar-refractivity contribution in [2.24, 2.45) is 0 Å². The van der Waals surface area contributed by atoms with E-state index < -0.39 is 11.7 Å². The Labute approximate surface area is 103 Å². The van der Waals surface area contributed by atoms with E-state index in [4.69, 9.17) is 0 Å². The van der Waals surface area contributed by atoms with E-state index >= 15 is 0 Å². The summed E-state index contributed by atoms with van der Waals surface area (Å²) >= 11 is 0. The van der Waals surface area contributed by atoms with Gasteiger partial charge >= 0.3 is 6.18 Å². The number of alkyl halides is 3. The second-order valence-electron chi connectivity index (χ2n) is 4.23. The number of nitrogens with zero attached hydrogens (tertiary/aromatic N) is 1. The van der Waals surface area contributed by atoms with Crippen molar-refractivity contribution in [3.8, 4) is 0 Å². The summed E-state index contributed by atoms with van der Waals surface area (Å²) in [6, 6.07) is 4.37. The molecule has 1 amide bonds. The molecule has 0 saturated carbocycles. The maximum atomic E-state index is 12.4. The molecule has 1 aromatic carbocycles. The Morgan fingerprint density at radius 1 is 1.06 bits per heavy atom. The van der Waals surface area contributed by atoms with Crippen LogP contribution in [0.15, 0.2) is 24.3 Å². The average Bonchev–Trinajstić information content (AvgIpc) is 2.38. The SMILES string of the molecule is O=C(c1ccc(C(F)(F)F)cc1)N1CC[CH]CC1. The third-order valence-corrected chi connectivity index (χ3v) is 2.95. The normalized spacial score (nSPS) is 16.7. The fraction of sp³-hybridized carbons (Fsp3) is 0.385. The Kier molecular flexibility index (Phi) is 3.59. The summed E-state index contributed by atoms with van der Waals surface area (Å²) < 4.78 is 37.1. The van der Waals surface area contributed by atoms with Crippen LogP contribution in [0.4, 0.5) is 13.2 Å². The van der Waals surface area contributed by atoms with Crippen LogP contribution in [0.1, 0.15) is 28.8 Å². The maximum Gasteiger partial charge on any atom is 0.416 e. The number of rotatable bonds is 1. The van der Waals surface area contributed by atoms with Gasteiger partial charge in [0.05, 0.1) is 5.56 Å². The van der Waals surface area contributed by atoms with Gasteiger partial charge in [0.2, 0.25) is 0 Å². The number of benzene rings is 1. The van der Waals surface area contributed by atoms with E-state index in [1.54, 1.807) is 4.90 Å². The van der Waals surface area contributed by atoms with Gasteiger partial charge in [0.15, 0.2) is 0 Å². The number of carbonyl (C=O) groups is 1. The van der Waals surface area contributed by atoms with Crippen molar-refractivity contribution in [1.82, 2.24) is 4.90 Å². The van der Waals surface area contributed by atoms with Crippen molar-refractivity contribution >= 4 is 5.91 Å². The summed E-state index contributed by atoms with van der Waals surface area (Å²) in [4.78, 5) is 13.7. The van der Waals surface area contributed by atoms with Crippen molar-refractivity contribution < 1.29 is 18.0 Å². The van der Waals surface area contributed by atoms with Gasteiger partial charge in [0.1, 0.15) is 0 Å². The maximum absolute atomic E-state index is 12.4. The quantitative estimate of drug-likeness (QED) is 0.755. The fourth-order valence-electron chi connectivity index (χ4n) is 1.94. The van der Waals surface area contributed by atoms with E-state index in [0.29, 0.717) is 18.7 Å². The summed E-state index contributed by atoms with van der Waals surface area (Å²) in [7, 11) is 0. The number of carbonyl (C=O) groups excluding carboxylic acids is 1. The molecule has 2 nitrogen and oxygen atoms in total. The molecule has 2 rings (SSSR count). The minimum atomic E-state index is -4.36. The molecule has 1 aromatic rings. The molecule has 1 aliphatic rings. The summed E-state index contributed by atoms with van der Waals surface area (Å²) in [5.41, 5.74) is -0.420. The number of hydrogen-bond donors (Lipinski definition) is 0. The lowest BCUT2D eigenvalue weighted by Crippen LogP contribution is -2.35. The van der Waals surface area contributed by atoms with Crippen LogP contribution in [0, 0.1) is 6.42 Å². The van der Waals surface area contributed by atoms with Gasteiger partial charge in [0.25, 0.3) is 5.91 Å². The van der Waals surface area contributed by atoms with Crippen LogP contribution in [0.3, 0.4) is 0 Å². The van der Waals surface area contributed by atoms with E-state index in [-0.39, 0.29) is 5.91 Å². The number of halogens is 3. The van der Waals surface area contributed by atoms with Gasteiger partial charge in [-0.1, -0.05) is 0 Å². The van der Waals surface area contributed by atoms with Crippen LogP contribution >= 0.6 is 0 Å². The number of hydrogen-bond acceptors (Lipinski definition) is 1. The zero-order valence-corrected chi connectivity index (χ0v) is 9.70. The van der Waals surface area contributed by atoms with Crippen molar-refractivity contribution in [3.63, 3.8) is 0 Å². The highest BCUT2D eigenvalue weighted by Gasteiger charge is 2.30. The molecule has 5 heteroatoms. The first-order valence-electron chi connectivity index (χ1n) is 5.76. The summed E-state index contributed by atoms with van der Waals surface area (Å²) in [6.45, 7) is 1.28. The molecule has 0 spiro atoms. The zero-order valence-electron chi connectivity index (χ0n) is 9.70. The lowest BCUT2D eigenvalue weighted by atomic mass is 10.1. The van der Waals surface area contributed by atoms with Crippen LogP contribution in [-0.2, 0) is 6.18 Å². The van der Waals surface area contributed by atoms with Gasteiger partial charge in [-0.15, -0.1) is 0 Å². The van der Waals surface area contributed by atoms with Crippen LogP contribution in [0.2, 0.25) is 0 Å². The number of amides is 1. The summed E-state index contributed by atoms with van der Waals surface area (Å²) in [6.07, 6.45) is -0.572. The van der Waals surface area contributed by atoms with Gasteiger partial charge in [0, 0.05) is 18.7 Å². The zero-order chi connectivity index (χ0) is 13.2. The third kappa shape index (κ3) is 2.83. The molecule has 1 fully saturated rings. The standard InChI is InChI=1S/C13H13F3NO/c14-13(15,16)11-6-4-10(5-7-11)12(18)17-8-2-1-3-9-17/h1,4-7H,2-3,8-9H2. The van der Waals surface area contributed by atoms with E-state index in [2.05, 4.69) is 6.42 Å². The molecule has 0 atom stereocenters. The van der Waals surface area contributed by atoms with Crippen LogP contribution in [0.25, 0.3) is 0 Å². The van der Waals surface area contributed by atoms with E-state index in [1.165, 1.54) is 12.1 Å². The first-order valence-corrected chi connectivity index (χ1v) is 5.76. The van der Waals surface area contributed by atoms with Gasteiger partial charge in [-0.25, -0.2) is 0 Å². The van der Waals surface area contributed by atoms with Crippen molar-refractivity contribution in [3.05, 3.63) is 41.8 Å². The highest BCUT2D eigenvalue weighted by Crippen LogP contribution is 2.29. The van der Waals surface area contributed by atoms with E-state index in [0.717, 1.165) is 25.0 Å². The molecular weight excluding hydrogens is 243 g/mol. The minimum absolute atomic E-state index is 0.197. The summed E-state index contributed by atoms with van der Waals surface area (Å²) in [5, 5.41) is 0. The molecule has 0 bridgehead atoms. The highest BCUT2D eigenvalue weighted by atomic mass is 19.4. The number of likely N-dealkylation sites (tertiary alicyclic amines) is 1. The smallest absolute Gasteiger partial charge is 0.339 e. The predicted molar refractivity (Wildman–Crippen MR) is 60.9 cm³/mol. The van der Waals surface area contributed by atoms with Crippen LogP contribution in [-0.4, -0.2) is 23.9 Å². The van der Waals surface area contributed by atoms with Gasteiger partial charge in [-0.3, -0.25) is 4.79 Å². The van der Waals surface area contributed by atoms with E-state index in [1.807, 2.05) is 0 Å². The summed E-state index contributed by atoms with van der Waals surface area (Å²) in [5.74, 6) is -0.197. The van der Waals surface area contributed by atoms with Crippen LogP contribution < -0.4 is 0 Å². The number of piperidine rings is 1. The fourth-order valence-corrected chi connectivity index (χ4v) is 1.94. The van der Waals surface area contributed by atoms with Crippen molar-refractivity contribution in [2.75, 3.05) is 13.1 Å². The Hall–Kier alpha value is -1.52. The Bertz CT molecular complexity index is 419. The minimum Gasteiger partial charge on any atom is -0.339 e. The molecule has 97 valence electrons. The van der Waals surface area contributed by atoms with Crippen molar-refractivity contribution in [2.45, 2.75) is 19.0 Å². The van der Waals surface area contributed by atoms with Crippen molar-refractivity contribution in [1.29, 1.82) is 0 Å². The molecule has 0 aliphatic carbocycles. The molecule has 1 saturated heterocycles. The molecule has 1 heterocycles. The largest absolute Gasteiger partial charge is 0.416 e. The Morgan fingerprint density at radius 2 is 1.61 bits per heavy atom. The molecule has 1 aliphatic heterocycles.